The predicted octanol–water partition coefficient (Wildman–Crippen LogP) is 14.4. The molecule has 2 heterocycles. The van der Waals surface area contributed by atoms with Crippen LogP contribution in [-0.4, -0.2) is 6.04 Å². The Labute approximate surface area is 313 Å². The standard InChI is InChI=1S/C48H36N2S2/c1-31-12-9-18-35(26-31)49(33-14-5-3-6-15-33)37-22-24-39-42-30-46-47(41-20-11-21-43(48(41)42)51-44(39)28-37)40-25-23-38(29-45(40)52-46)50(34-16-7-4-8-17-34)36-19-10-13-32(2)27-36/h3-16,18-30,34H,17H2,1-2H3. The van der Waals surface area contributed by atoms with Crippen LogP contribution in [0.3, 0.4) is 0 Å². The molecule has 1 aliphatic carbocycles. The number of aryl methyl sites for hydroxylation is 2. The second-order valence-corrected chi connectivity index (χ2v) is 16.0. The molecule has 0 radical (unpaired) electrons. The maximum absolute atomic E-state index is 2.51. The van der Waals surface area contributed by atoms with Gasteiger partial charge in [-0.15, -0.1) is 11.3 Å². The van der Waals surface area contributed by atoms with Crippen LogP contribution < -0.4 is 9.80 Å². The average Bonchev–Trinajstić information content (AvgIpc) is 3.54. The van der Waals surface area contributed by atoms with Crippen molar-refractivity contribution in [2.24, 2.45) is 0 Å². The molecule has 0 fully saturated rings. The lowest BCUT2D eigenvalue weighted by Gasteiger charge is -2.33. The largest absolute Gasteiger partial charge is 0.334 e. The van der Waals surface area contributed by atoms with Gasteiger partial charge in [0.25, 0.3) is 0 Å². The zero-order valence-electron chi connectivity index (χ0n) is 29.1. The molecule has 0 saturated carbocycles. The van der Waals surface area contributed by atoms with Crippen LogP contribution in [0.2, 0.25) is 0 Å². The third kappa shape index (κ3) is 5.25. The molecule has 10 rings (SSSR count). The Morgan fingerprint density at radius 2 is 1.25 bits per heavy atom. The van der Waals surface area contributed by atoms with Gasteiger partial charge in [-0.3, -0.25) is 0 Å². The minimum absolute atomic E-state index is 0.268. The topological polar surface area (TPSA) is 6.48 Å². The fourth-order valence-electron chi connectivity index (χ4n) is 8.09. The first-order valence-electron chi connectivity index (χ1n) is 17.9. The highest BCUT2D eigenvalue weighted by Gasteiger charge is 2.25. The molecule has 0 N–H and O–H groups in total. The molecule has 1 aromatic heterocycles. The Hall–Kier alpha value is -5.55. The van der Waals surface area contributed by atoms with E-state index < -0.39 is 0 Å². The van der Waals surface area contributed by atoms with Gasteiger partial charge in [0.1, 0.15) is 0 Å². The van der Waals surface area contributed by atoms with Crippen molar-refractivity contribution in [2.45, 2.75) is 36.1 Å². The number of hydrogen-bond acceptors (Lipinski definition) is 4. The van der Waals surface area contributed by atoms with Crippen LogP contribution in [0.5, 0.6) is 0 Å². The molecule has 250 valence electrons. The summed E-state index contributed by atoms with van der Waals surface area (Å²) in [5, 5.41) is 5.40. The summed E-state index contributed by atoms with van der Waals surface area (Å²) in [7, 11) is 0. The van der Waals surface area contributed by atoms with Crippen LogP contribution in [0.15, 0.2) is 174 Å². The SMILES string of the molecule is Cc1cccc(N(c2ccccc2)c2ccc3c(c2)Sc2cccc4c2c-3cc2sc3cc(N(c5cccc(C)c5)C5C=CC=CC5)ccc3c24)c1. The van der Waals surface area contributed by atoms with Crippen molar-refractivity contribution < 1.29 is 0 Å². The van der Waals surface area contributed by atoms with Gasteiger partial charge in [-0.2, -0.15) is 0 Å². The van der Waals surface area contributed by atoms with Crippen LogP contribution in [0.4, 0.5) is 28.4 Å². The molecule has 0 amide bonds. The summed E-state index contributed by atoms with van der Waals surface area (Å²) in [5.74, 6) is 0. The fraction of sp³-hybridized carbons (Fsp3) is 0.0833. The van der Waals surface area contributed by atoms with Crippen LogP contribution >= 0.6 is 23.1 Å². The molecule has 0 bridgehead atoms. The lowest BCUT2D eigenvalue weighted by atomic mass is 9.94. The molecule has 1 atom stereocenters. The van der Waals surface area contributed by atoms with Gasteiger partial charge in [0.05, 0.1) is 6.04 Å². The lowest BCUT2D eigenvalue weighted by Crippen LogP contribution is -2.29. The monoisotopic (exact) mass is 704 g/mol. The van der Waals surface area contributed by atoms with Crippen molar-refractivity contribution in [2.75, 3.05) is 9.80 Å². The summed E-state index contributed by atoms with van der Waals surface area (Å²) >= 11 is 3.81. The van der Waals surface area contributed by atoms with Gasteiger partial charge in [-0.25, -0.2) is 0 Å². The summed E-state index contributed by atoms with van der Waals surface area (Å²) in [5.41, 5.74) is 11.1. The maximum atomic E-state index is 2.51. The number of hydrogen-bond donors (Lipinski definition) is 0. The number of rotatable bonds is 6. The highest BCUT2D eigenvalue weighted by atomic mass is 32.2. The quantitative estimate of drug-likeness (QED) is 0.170. The molecule has 2 nitrogen and oxygen atoms in total. The highest BCUT2D eigenvalue weighted by molar-refractivity contribution is 7.99. The van der Waals surface area contributed by atoms with E-state index in [1.54, 1.807) is 0 Å². The number of fused-ring (bicyclic) bond motifs is 6. The third-order valence-electron chi connectivity index (χ3n) is 10.4. The maximum Gasteiger partial charge on any atom is 0.0559 e. The summed E-state index contributed by atoms with van der Waals surface area (Å²) < 4.78 is 2.66. The van der Waals surface area contributed by atoms with Gasteiger partial charge < -0.3 is 9.80 Å². The van der Waals surface area contributed by atoms with E-state index in [-0.39, 0.29) is 6.04 Å². The molecule has 7 aromatic carbocycles. The van der Waals surface area contributed by atoms with Gasteiger partial charge in [0.2, 0.25) is 0 Å². The Balaban J connectivity index is 1.12. The first kappa shape index (κ1) is 31.2. The number of allylic oxidation sites excluding steroid dienone is 2. The summed E-state index contributed by atoms with van der Waals surface area (Å²) in [6.07, 6.45) is 9.93. The molecular formula is C48H36N2S2. The number of benzene rings is 7. The molecule has 0 saturated heterocycles. The van der Waals surface area contributed by atoms with E-state index in [4.69, 9.17) is 0 Å². The van der Waals surface area contributed by atoms with E-state index in [1.807, 2.05) is 23.1 Å². The number of thiophene rings is 1. The normalized spacial score (nSPS) is 14.6. The molecule has 1 unspecified atom stereocenters. The molecule has 4 heteroatoms. The summed E-state index contributed by atoms with van der Waals surface area (Å²) in [4.78, 5) is 7.49. The zero-order valence-corrected chi connectivity index (χ0v) is 30.7. The highest BCUT2D eigenvalue weighted by Crippen LogP contribution is 2.53. The van der Waals surface area contributed by atoms with Crippen LogP contribution in [0.1, 0.15) is 17.5 Å². The molecule has 52 heavy (non-hydrogen) atoms. The smallest absolute Gasteiger partial charge is 0.0559 e. The molecule has 8 aromatic rings. The predicted molar refractivity (Wildman–Crippen MR) is 226 cm³/mol. The fourth-order valence-corrected chi connectivity index (χ4v) is 10.5. The Morgan fingerprint density at radius 1 is 0.519 bits per heavy atom. The number of anilines is 5. The van der Waals surface area contributed by atoms with Crippen molar-refractivity contribution in [1.29, 1.82) is 0 Å². The minimum atomic E-state index is 0.268. The van der Waals surface area contributed by atoms with Crippen LogP contribution in [-0.2, 0) is 0 Å². The van der Waals surface area contributed by atoms with E-state index >= 15 is 0 Å². The molecule has 2 aliphatic rings. The molecule has 0 spiro atoms. The average molecular weight is 705 g/mol. The van der Waals surface area contributed by atoms with E-state index in [1.165, 1.54) is 74.4 Å². The summed E-state index contributed by atoms with van der Waals surface area (Å²) in [6.45, 7) is 4.34. The van der Waals surface area contributed by atoms with Gasteiger partial charge in [-0.1, -0.05) is 103 Å². The van der Waals surface area contributed by atoms with Gasteiger partial charge in [0, 0.05) is 63.8 Å². The molecular weight excluding hydrogens is 669 g/mol. The van der Waals surface area contributed by atoms with E-state index in [0.717, 1.165) is 23.5 Å². The van der Waals surface area contributed by atoms with Crippen molar-refractivity contribution in [3.63, 3.8) is 0 Å². The van der Waals surface area contributed by atoms with Crippen molar-refractivity contribution in [3.05, 3.63) is 175 Å². The van der Waals surface area contributed by atoms with E-state index in [0.29, 0.717) is 0 Å². The van der Waals surface area contributed by atoms with Gasteiger partial charge in [0.15, 0.2) is 0 Å². The van der Waals surface area contributed by atoms with Gasteiger partial charge >= 0.3 is 0 Å². The summed E-state index contributed by atoms with van der Waals surface area (Å²) in [6, 6.07) is 52.1. The Kier molecular flexibility index (Phi) is 7.56. The Bertz CT molecular complexity index is 2740. The minimum Gasteiger partial charge on any atom is -0.334 e. The van der Waals surface area contributed by atoms with Crippen molar-refractivity contribution in [3.8, 4) is 11.1 Å². The van der Waals surface area contributed by atoms with Crippen LogP contribution in [0.25, 0.3) is 42.1 Å². The second kappa shape index (κ2) is 12.6. The number of nitrogens with zero attached hydrogens (tertiary/aromatic N) is 2. The Morgan fingerprint density at radius 3 is 2.06 bits per heavy atom. The van der Waals surface area contributed by atoms with Crippen molar-refractivity contribution in [1.82, 2.24) is 0 Å². The van der Waals surface area contributed by atoms with Crippen LogP contribution in [0, 0.1) is 13.8 Å². The zero-order chi connectivity index (χ0) is 34.8. The first-order chi connectivity index (χ1) is 25.6. The van der Waals surface area contributed by atoms with Crippen molar-refractivity contribution >= 4 is 82.5 Å². The lowest BCUT2D eigenvalue weighted by molar-refractivity contribution is 0.785. The second-order valence-electron chi connectivity index (χ2n) is 13.9. The number of para-hydroxylation sites is 1. The first-order valence-corrected chi connectivity index (χ1v) is 19.6. The van der Waals surface area contributed by atoms with Gasteiger partial charge in [-0.05, 0) is 121 Å². The molecule has 1 aliphatic heterocycles. The van der Waals surface area contributed by atoms with E-state index in [9.17, 15) is 0 Å². The van der Waals surface area contributed by atoms with E-state index in [2.05, 4.69) is 187 Å². The third-order valence-corrected chi connectivity index (χ3v) is 12.6.